The van der Waals surface area contributed by atoms with Gasteiger partial charge in [-0.15, -0.1) is 0 Å². The Kier molecular flexibility index (Phi) is 5.85. The third-order valence-electron chi connectivity index (χ3n) is 5.31. The topological polar surface area (TPSA) is 75.4 Å². The van der Waals surface area contributed by atoms with Crippen molar-refractivity contribution < 1.29 is 9.90 Å². The second kappa shape index (κ2) is 7.41. The molecule has 0 aromatic heterocycles. The van der Waals surface area contributed by atoms with Gasteiger partial charge in [0.1, 0.15) is 0 Å². The zero-order valence-corrected chi connectivity index (χ0v) is 12.6. The normalized spacial score (nSPS) is 29.9. The second-order valence-electron chi connectivity index (χ2n) is 6.86. The predicted octanol–water partition coefficient (Wildman–Crippen LogP) is 1.95. The Morgan fingerprint density at radius 1 is 1.15 bits per heavy atom. The molecule has 0 aliphatic heterocycles. The maximum Gasteiger partial charge on any atom is 0.220 e. The average molecular weight is 282 g/mol. The second-order valence-corrected chi connectivity index (χ2v) is 6.86. The highest BCUT2D eigenvalue weighted by molar-refractivity contribution is 5.76. The smallest absolute Gasteiger partial charge is 0.220 e. The van der Waals surface area contributed by atoms with Crippen LogP contribution in [0, 0.1) is 11.3 Å². The molecule has 4 nitrogen and oxygen atoms in total. The van der Waals surface area contributed by atoms with Crippen LogP contribution < -0.4 is 11.1 Å². The third-order valence-corrected chi connectivity index (χ3v) is 5.31. The van der Waals surface area contributed by atoms with E-state index in [1.807, 2.05) is 0 Å². The molecule has 20 heavy (non-hydrogen) atoms. The van der Waals surface area contributed by atoms with Gasteiger partial charge in [0.2, 0.25) is 5.91 Å². The molecule has 0 aromatic rings. The molecule has 2 aliphatic rings. The first kappa shape index (κ1) is 15.8. The monoisotopic (exact) mass is 282 g/mol. The van der Waals surface area contributed by atoms with E-state index in [1.54, 1.807) is 0 Å². The molecule has 0 heterocycles. The van der Waals surface area contributed by atoms with Gasteiger partial charge in [-0.25, -0.2) is 0 Å². The molecule has 1 amide bonds. The maximum absolute atomic E-state index is 12.2. The first-order chi connectivity index (χ1) is 9.65. The van der Waals surface area contributed by atoms with Crippen LogP contribution in [0.25, 0.3) is 0 Å². The number of carbonyl (C=O) groups excluding carboxylic acids is 1. The van der Waals surface area contributed by atoms with Crippen LogP contribution in [0.1, 0.15) is 64.2 Å². The molecule has 2 rings (SSSR count). The lowest BCUT2D eigenvalue weighted by Gasteiger charge is -2.36. The fourth-order valence-corrected chi connectivity index (χ4v) is 3.83. The number of rotatable bonds is 5. The molecule has 0 bridgehead atoms. The highest BCUT2D eigenvalue weighted by atomic mass is 16.3. The molecule has 116 valence electrons. The van der Waals surface area contributed by atoms with Gasteiger partial charge < -0.3 is 16.2 Å². The standard InChI is InChI=1S/C16H30N2O2/c17-12-16(8-4-1-5-9-16)10-15(20)18-11-13-6-2-3-7-14(13)19/h13-14,19H,1-12,17H2,(H,18,20). The van der Waals surface area contributed by atoms with Crippen LogP contribution in [0.3, 0.4) is 0 Å². The fraction of sp³-hybridized carbons (Fsp3) is 0.938. The molecule has 0 aromatic carbocycles. The number of aliphatic hydroxyl groups excluding tert-OH is 1. The minimum atomic E-state index is -0.234. The van der Waals surface area contributed by atoms with Crippen molar-refractivity contribution in [3.63, 3.8) is 0 Å². The fourth-order valence-electron chi connectivity index (χ4n) is 3.83. The highest BCUT2D eigenvalue weighted by Crippen LogP contribution is 2.38. The first-order valence-corrected chi connectivity index (χ1v) is 8.30. The summed E-state index contributed by atoms with van der Waals surface area (Å²) in [6, 6.07) is 0. The van der Waals surface area contributed by atoms with Gasteiger partial charge in [0.15, 0.2) is 0 Å². The number of hydrogen-bond acceptors (Lipinski definition) is 3. The zero-order valence-electron chi connectivity index (χ0n) is 12.6. The molecule has 0 radical (unpaired) electrons. The largest absolute Gasteiger partial charge is 0.393 e. The minimum Gasteiger partial charge on any atom is -0.393 e. The van der Waals surface area contributed by atoms with Crippen LogP contribution in [0.2, 0.25) is 0 Å². The van der Waals surface area contributed by atoms with Crippen LogP contribution in [0.5, 0.6) is 0 Å². The highest BCUT2D eigenvalue weighted by Gasteiger charge is 2.33. The lowest BCUT2D eigenvalue weighted by Crippen LogP contribution is -2.41. The SMILES string of the molecule is NCC1(CC(=O)NCC2CCCCC2O)CCCCC1. The van der Waals surface area contributed by atoms with E-state index in [9.17, 15) is 9.90 Å². The van der Waals surface area contributed by atoms with Crippen LogP contribution in [-0.4, -0.2) is 30.2 Å². The molecule has 2 aliphatic carbocycles. The molecule has 4 N–H and O–H groups in total. The molecule has 2 fully saturated rings. The molecule has 0 spiro atoms. The Labute approximate surface area is 122 Å². The van der Waals surface area contributed by atoms with E-state index in [-0.39, 0.29) is 23.3 Å². The summed E-state index contributed by atoms with van der Waals surface area (Å²) in [7, 11) is 0. The first-order valence-electron chi connectivity index (χ1n) is 8.30. The molecule has 2 atom stereocenters. The van der Waals surface area contributed by atoms with Crippen molar-refractivity contribution in [3.8, 4) is 0 Å². The predicted molar refractivity (Wildman–Crippen MR) is 80.2 cm³/mol. The molecule has 2 saturated carbocycles. The van der Waals surface area contributed by atoms with Gasteiger partial charge >= 0.3 is 0 Å². The van der Waals surface area contributed by atoms with E-state index in [2.05, 4.69) is 5.32 Å². The third kappa shape index (κ3) is 4.19. The summed E-state index contributed by atoms with van der Waals surface area (Å²) < 4.78 is 0. The van der Waals surface area contributed by atoms with Gasteiger partial charge in [-0.3, -0.25) is 4.79 Å². The lowest BCUT2D eigenvalue weighted by molar-refractivity contribution is -0.124. The Hall–Kier alpha value is -0.610. The van der Waals surface area contributed by atoms with Gasteiger partial charge in [0, 0.05) is 18.9 Å². The van der Waals surface area contributed by atoms with E-state index in [1.165, 1.54) is 25.7 Å². The van der Waals surface area contributed by atoms with Crippen molar-refractivity contribution in [1.29, 1.82) is 0 Å². The van der Waals surface area contributed by atoms with Crippen molar-refractivity contribution in [2.24, 2.45) is 17.1 Å². The van der Waals surface area contributed by atoms with Crippen molar-refractivity contribution in [3.05, 3.63) is 0 Å². The number of hydrogen-bond donors (Lipinski definition) is 3. The van der Waals surface area contributed by atoms with Gasteiger partial charge in [-0.2, -0.15) is 0 Å². The van der Waals surface area contributed by atoms with Crippen LogP contribution >= 0.6 is 0 Å². The van der Waals surface area contributed by atoms with Crippen molar-refractivity contribution in [2.45, 2.75) is 70.3 Å². The number of carbonyl (C=O) groups is 1. The molecule has 4 heteroatoms. The summed E-state index contributed by atoms with van der Waals surface area (Å²) in [5, 5.41) is 13.0. The number of nitrogens with one attached hydrogen (secondary N) is 1. The average Bonchev–Trinajstić information content (AvgIpc) is 2.47. The number of amides is 1. The van der Waals surface area contributed by atoms with Gasteiger partial charge in [0.05, 0.1) is 6.10 Å². The zero-order chi connectivity index (χ0) is 14.4. The van der Waals surface area contributed by atoms with E-state index in [0.29, 0.717) is 19.5 Å². The lowest BCUT2D eigenvalue weighted by atomic mass is 9.71. The van der Waals surface area contributed by atoms with Crippen LogP contribution in [0.4, 0.5) is 0 Å². The summed E-state index contributed by atoms with van der Waals surface area (Å²) in [5.41, 5.74) is 5.96. The van der Waals surface area contributed by atoms with Gasteiger partial charge in [-0.05, 0) is 37.6 Å². The van der Waals surface area contributed by atoms with Gasteiger partial charge in [0.25, 0.3) is 0 Å². The number of aliphatic hydroxyl groups is 1. The van der Waals surface area contributed by atoms with Crippen LogP contribution in [0.15, 0.2) is 0 Å². The van der Waals surface area contributed by atoms with E-state index >= 15 is 0 Å². The molecular formula is C16H30N2O2. The molecule has 0 saturated heterocycles. The summed E-state index contributed by atoms with van der Waals surface area (Å²) >= 11 is 0. The van der Waals surface area contributed by atoms with Gasteiger partial charge in [-0.1, -0.05) is 32.1 Å². The van der Waals surface area contributed by atoms with Crippen molar-refractivity contribution >= 4 is 5.91 Å². The Morgan fingerprint density at radius 2 is 1.85 bits per heavy atom. The Balaban J connectivity index is 1.76. The summed E-state index contributed by atoms with van der Waals surface area (Å²) in [4.78, 5) is 12.2. The van der Waals surface area contributed by atoms with Crippen LogP contribution in [-0.2, 0) is 4.79 Å². The quantitative estimate of drug-likeness (QED) is 0.721. The molecular weight excluding hydrogens is 252 g/mol. The maximum atomic E-state index is 12.2. The van der Waals surface area contributed by atoms with E-state index in [4.69, 9.17) is 5.73 Å². The summed E-state index contributed by atoms with van der Waals surface area (Å²) in [5.74, 6) is 0.364. The molecule has 2 unspecified atom stereocenters. The van der Waals surface area contributed by atoms with E-state index in [0.717, 1.165) is 32.1 Å². The Bertz CT molecular complexity index is 314. The van der Waals surface area contributed by atoms with Crippen molar-refractivity contribution in [2.75, 3.05) is 13.1 Å². The Morgan fingerprint density at radius 3 is 2.50 bits per heavy atom. The number of nitrogens with two attached hydrogens (primary N) is 1. The summed E-state index contributed by atoms with van der Waals surface area (Å²) in [6.07, 6.45) is 10.4. The summed E-state index contributed by atoms with van der Waals surface area (Å²) in [6.45, 7) is 1.24. The van der Waals surface area contributed by atoms with Crippen molar-refractivity contribution in [1.82, 2.24) is 5.32 Å². The minimum absolute atomic E-state index is 0.0352. The van der Waals surface area contributed by atoms with E-state index < -0.39 is 0 Å².